The van der Waals surface area contributed by atoms with Gasteiger partial charge < -0.3 is 14.5 Å². The second-order valence-electron chi connectivity index (χ2n) is 7.12. The molecule has 1 aliphatic rings. The summed E-state index contributed by atoms with van der Waals surface area (Å²) in [6, 6.07) is 19.4. The molecule has 1 aliphatic heterocycles. The molecule has 0 saturated carbocycles. The number of aromatic nitrogens is 2. The number of piperazine rings is 1. The predicted molar refractivity (Wildman–Crippen MR) is 114 cm³/mol. The number of nitrogens with zero attached hydrogens (tertiary/aromatic N) is 4. The minimum Gasteiger partial charge on any atom is -0.497 e. The number of benzene rings is 2. The first kappa shape index (κ1) is 19.2. The molecule has 0 bridgehead atoms. The maximum absolute atomic E-state index is 13.4. The number of methoxy groups -OCH3 is 1. The normalized spacial score (nSPS) is 14.8. The molecule has 150 valence electrons. The van der Waals surface area contributed by atoms with Crippen molar-refractivity contribution in [2.24, 2.45) is 0 Å². The largest absolute Gasteiger partial charge is 0.497 e. The van der Waals surface area contributed by atoms with Crippen LogP contribution in [0.5, 0.6) is 5.75 Å². The quantitative estimate of drug-likeness (QED) is 0.671. The fraction of sp³-hybridized carbons (Fsp3) is 0.304. The lowest BCUT2D eigenvalue weighted by atomic mass is 10.1. The minimum absolute atomic E-state index is 0.0249. The van der Waals surface area contributed by atoms with E-state index in [1.54, 1.807) is 11.8 Å². The summed E-state index contributed by atoms with van der Waals surface area (Å²) in [6.45, 7) is 6.48. The van der Waals surface area contributed by atoms with Crippen LogP contribution < -0.4 is 4.74 Å². The number of ether oxygens (including phenoxy) is 1. The summed E-state index contributed by atoms with van der Waals surface area (Å²) in [5.41, 5.74) is 3.19. The highest BCUT2D eigenvalue weighted by atomic mass is 16.5. The molecule has 0 spiro atoms. The van der Waals surface area contributed by atoms with E-state index in [2.05, 4.69) is 11.8 Å². The monoisotopic (exact) mass is 390 g/mol. The number of likely N-dealkylation sites (N-methyl/N-ethyl adjacent to an activating group) is 1. The van der Waals surface area contributed by atoms with Crippen LogP contribution in [0, 0.1) is 0 Å². The summed E-state index contributed by atoms with van der Waals surface area (Å²) >= 11 is 0. The molecule has 0 radical (unpaired) electrons. The highest BCUT2D eigenvalue weighted by Gasteiger charge is 2.25. The number of carbonyl (C=O) groups excluding carboxylic acids is 1. The van der Waals surface area contributed by atoms with Crippen LogP contribution in [-0.4, -0.2) is 65.3 Å². The third kappa shape index (κ3) is 4.03. The summed E-state index contributed by atoms with van der Waals surface area (Å²) in [5.74, 6) is 0.818. The lowest BCUT2D eigenvalue weighted by Gasteiger charge is -2.34. The first-order chi connectivity index (χ1) is 14.2. The zero-order valence-corrected chi connectivity index (χ0v) is 16.9. The van der Waals surface area contributed by atoms with Crippen molar-refractivity contribution >= 4 is 5.91 Å². The van der Waals surface area contributed by atoms with Crippen LogP contribution in [0.1, 0.15) is 17.4 Å². The van der Waals surface area contributed by atoms with E-state index < -0.39 is 0 Å². The van der Waals surface area contributed by atoms with Crippen LogP contribution in [-0.2, 0) is 0 Å². The molecule has 6 nitrogen and oxygen atoms in total. The van der Waals surface area contributed by atoms with Gasteiger partial charge in [-0.25, -0.2) is 4.68 Å². The maximum Gasteiger partial charge on any atom is 0.272 e. The summed E-state index contributed by atoms with van der Waals surface area (Å²) in [6.07, 6.45) is 0. The van der Waals surface area contributed by atoms with E-state index in [4.69, 9.17) is 9.84 Å². The predicted octanol–water partition coefficient (Wildman–Crippen LogP) is 3.33. The second kappa shape index (κ2) is 8.49. The highest BCUT2D eigenvalue weighted by molar-refractivity contribution is 5.94. The molecular weight excluding hydrogens is 364 g/mol. The fourth-order valence-corrected chi connectivity index (χ4v) is 3.63. The molecule has 1 aromatic heterocycles. The molecule has 0 N–H and O–H groups in total. The number of carbonyl (C=O) groups is 1. The lowest BCUT2D eigenvalue weighted by molar-refractivity contribution is 0.0634. The Hall–Kier alpha value is -3.12. The number of hydrogen-bond donors (Lipinski definition) is 0. The molecule has 0 unspecified atom stereocenters. The maximum atomic E-state index is 13.4. The molecule has 29 heavy (non-hydrogen) atoms. The Morgan fingerprint density at radius 3 is 2.31 bits per heavy atom. The number of amides is 1. The molecule has 6 heteroatoms. The van der Waals surface area contributed by atoms with Gasteiger partial charge in [-0.3, -0.25) is 4.79 Å². The second-order valence-corrected chi connectivity index (χ2v) is 7.12. The molecule has 0 aliphatic carbocycles. The van der Waals surface area contributed by atoms with Gasteiger partial charge in [-0.15, -0.1) is 0 Å². The van der Waals surface area contributed by atoms with E-state index in [1.807, 2.05) is 65.6 Å². The molecule has 3 aromatic rings. The average molecular weight is 390 g/mol. The smallest absolute Gasteiger partial charge is 0.272 e. The van der Waals surface area contributed by atoms with Gasteiger partial charge in [-0.2, -0.15) is 5.10 Å². The van der Waals surface area contributed by atoms with Crippen LogP contribution in [0.25, 0.3) is 16.9 Å². The number of rotatable bonds is 5. The van der Waals surface area contributed by atoms with Gasteiger partial charge in [-0.1, -0.05) is 25.1 Å². The van der Waals surface area contributed by atoms with Crippen LogP contribution in [0.4, 0.5) is 0 Å². The number of para-hydroxylation sites is 1. The summed E-state index contributed by atoms with van der Waals surface area (Å²) in [4.78, 5) is 17.7. The van der Waals surface area contributed by atoms with E-state index >= 15 is 0 Å². The van der Waals surface area contributed by atoms with Gasteiger partial charge in [0.25, 0.3) is 5.91 Å². The molecule has 4 rings (SSSR count). The first-order valence-electron chi connectivity index (χ1n) is 10.0. The van der Waals surface area contributed by atoms with Crippen molar-refractivity contribution in [3.63, 3.8) is 0 Å². The Kier molecular flexibility index (Phi) is 5.62. The Labute approximate surface area is 171 Å². The third-order valence-corrected chi connectivity index (χ3v) is 5.42. The van der Waals surface area contributed by atoms with E-state index in [9.17, 15) is 4.79 Å². The molecule has 1 amide bonds. The van der Waals surface area contributed by atoms with Crippen LogP contribution in [0.15, 0.2) is 60.7 Å². The van der Waals surface area contributed by atoms with Crippen molar-refractivity contribution in [2.75, 3.05) is 39.8 Å². The first-order valence-corrected chi connectivity index (χ1v) is 10.0. The van der Waals surface area contributed by atoms with Gasteiger partial charge in [0.2, 0.25) is 0 Å². The van der Waals surface area contributed by atoms with Crippen LogP contribution in [0.3, 0.4) is 0 Å². The molecule has 0 atom stereocenters. The fourth-order valence-electron chi connectivity index (χ4n) is 3.63. The SMILES string of the molecule is CCN1CCN(C(=O)c2cc(-c3ccc(OC)cc3)nn2-c2ccccc2)CC1. The van der Waals surface area contributed by atoms with Gasteiger partial charge in [0.1, 0.15) is 11.4 Å². The molecule has 2 heterocycles. The van der Waals surface area contributed by atoms with Crippen molar-refractivity contribution in [1.29, 1.82) is 0 Å². The Morgan fingerprint density at radius 2 is 1.69 bits per heavy atom. The highest BCUT2D eigenvalue weighted by Crippen LogP contribution is 2.25. The molecule has 1 saturated heterocycles. The van der Waals surface area contributed by atoms with Crippen molar-refractivity contribution in [1.82, 2.24) is 19.6 Å². The summed E-state index contributed by atoms with van der Waals surface area (Å²) < 4.78 is 7.01. The standard InChI is InChI=1S/C23H26N4O2/c1-3-25-13-15-26(16-14-25)23(28)22-17-21(18-9-11-20(29-2)12-10-18)24-27(22)19-7-5-4-6-8-19/h4-12,17H,3,13-16H2,1-2H3. The van der Waals surface area contributed by atoms with E-state index in [0.29, 0.717) is 5.69 Å². The van der Waals surface area contributed by atoms with Crippen molar-refractivity contribution in [3.05, 3.63) is 66.4 Å². The van der Waals surface area contributed by atoms with Crippen molar-refractivity contribution in [2.45, 2.75) is 6.92 Å². The van der Waals surface area contributed by atoms with Gasteiger partial charge in [0.15, 0.2) is 0 Å². The summed E-state index contributed by atoms with van der Waals surface area (Å²) in [7, 11) is 1.65. The Bertz CT molecular complexity index is 958. The third-order valence-electron chi connectivity index (χ3n) is 5.42. The topological polar surface area (TPSA) is 50.6 Å². The Balaban J connectivity index is 1.69. The zero-order valence-electron chi connectivity index (χ0n) is 16.9. The summed E-state index contributed by atoms with van der Waals surface area (Å²) in [5, 5.41) is 4.77. The molecule has 2 aromatic carbocycles. The van der Waals surface area contributed by atoms with E-state index in [0.717, 1.165) is 55.4 Å². The lowest BCUT2D eigenvalue weighted by Crippen LogP contribution is -2.48. The van der Waals surface area contributed by atoms with Crippen LogP contribution >= 0.6 is 0 Å². The Morgan fingerprint density at radius 1 is 1.00 bits per heavy atom. The van der Waals surface area contributed by atoms with Crippen molar-refractivity contribution < 1.29 is 9.53 Å². The van der Waals surface area contributed by atoms with Crippen LogP contribution in [0.2, 0.25) is 0 Å². The minimum atomic E-state index is 0.0249. The zero-order chi connectivity index (χ0) is 20.2. The van der Waals surface area contributed by atoms with Gasteiger partial charge in [0, 0.05) is 31.7 Å². The van der Waals surface area contributed by atoms with E-state index in [1.165, 1.54) is 0 Å². The van der Waals surface area contributed by atoms with Gasteiger partial charge >= 0.3 is 0 Å². The van der Waals surface area contributed by atoms with Gasteiger partial charge in [0.05, 0.1) is 18.5 Å². The average Bonchev–Trinajstić information content (AvgIpc) is 3.25. The molecular formula is C23H26N4O2. The molecule has 1 fully saturated rings. The van der Waals surface area contributed by atoms with Gasteiger partial charge in [-0.05, 0) is 49.0 Å². The number of hydrogen-bond acceptors (Lipinski definition) is 4. The van der Waals surface area contributed by atoms with Crippen molar-refractivity contribution in [3.8, 4) is 22.7 Å². The van der Waals surface area contributed by atoms with E-state index in [-0.39, 0.29) is 5.91 Å².